The number of aromatic nitrogens is 1. The van der Waals surface area contributed by atoms with E-state index in [-0.39, 0.29) is 24.4 Å². The van der Waals surface area contributed by atoms with E-state index in [1.54, 1.807) is 0 Å². The third-order valence-electron chi connectivity index (χ3n) is 3.44. The lowest BCUT2D eigenvalue weighted by molar-refractivity contribution is -0.116. The van der Waals surface area contributed by atoms with E-state index in [0.29, 0.717) is 18.8 Å². The zero-order valence-corrected chi connectivity index (χ0v) is 12.8. The molecule has 1 aromatic heterocycles. The van der Waals surface area contributed by atoms with Gasteiger partial charge in [-0.05, 0) is 44.4 Å². The van der Waals surface area contributed by atoms with Crippen molar-refractivity contribution in [1.29, 1.82) is 0 Å². The normalized spacial score (nSPS) is 15.5. The minimum atomic E-state index is -0.0208. The minimum Gasteiger partial charge on any atom is -0.440 e. The van der Waals surface area contributed by atoms with E-state index in [0.717, 1.165) is 35.5 Å². The summed E-state index contributed by atoms with van der Waals surface area (Å²) in [7, 11) is 0. The van der Waals surface area contributed by atoms with Crippen LogP contribution in [0.15, 0.2) is 22.6 Å². The molecular formula is C15H20ClN3O2. The van der Waals surface area contributed by atoms with Crippen molar-refractivity contribution in [3.63, 3.8) is 0 Å². The smallest absolute Gasteiger partial charge is 0.224 e. The summed E-state index contributed by atoms with van der Waals surface area (Å²) in [6.07, 6.45) is 3.44. The number of nitrogens with two attached hydrogens (primary N) is 1. The van der Waals surface area contributed by atoms with Crippen molar-refractivity contribution >= 4 is 35.1 Å². The van der Waals surface area contributed by atoms with Gasteiger partial charge in [0, 0.05) is 24.1 Å². The van der Waals surface area contributed by atoms with Crippen LogP contribution >= 0.6 is 12.4 Å². The van der Waals surface area contributed by atoms with E-state index in [9.17, 15) is 4.79 Å². The lowest BCUT2D eigenvalue weighted by Gasteiger charge is -2.06. The molecule has 1 aliphatic carbocycles. The molecule has 1 saturated carbocycles. The van der Waals surface area contributed by atoms with Gasteiger partial charge in [0.15, 0.2) is 11.5 Å². The van der Waals surface area contributed by atoms with E-state index < -0.39 is 0 Å². The number of carbonyl (C=O) groups excluding carboxylic acids is 1. The van der Waals surface area contributed by atoms with Crippen molar-refractivity contribution in [3.8, 4) is 0 Å². The third-order valence-corrected chi connectivity index (χ3v) is 3.44. The molecule has 1 aromatic carbocycles. The molecule has 1 aliphatic rings. The van der Waals surface area contributed by atoms with Crippen molar-refractivity contribution < 1.29 is 9.21 Å². The van der Waals surface area contributed by atoms with Gasteiger partial charge in [-0.3, -0.25) is 4.79 Å². The van der Waals surface area contributed by atoms with Gasteiger partial charge in [-0.15, -0.1) is 12.4 Å². The summed E-state index contributed by atoms with van der Waals surface area (Å²) in [5, 5.41) is 2.87. The van der Waals surface area contributed by atoms with Crippen LogP contribution in [0.4, 0.5) is 5.69 Å². The minimum absolute atomic E-state index is 0. The van der Waals surface area contributed by atoms with Crippen LogP contribution < -0.4 is 11.1 Å². The number of amides is 1. The van der Waals surface area contributed by atoms with E-state index in [1.807, 2.05) is 25.1 Å². The van der Waals surface area contributed by atoms with Gasteiger partial charge < -0.3 is 15.5 Å². The van der Waals surface area contributed by atoms with E-state index >= 15 is 0 Å². The molecule has 21 heavy (non-hydrogen) atoms. The molecule has 3 rings (SSSR count). The summed E-state index contributed by atoms with van der Waals surface area (Å²) in [4.78, 5) is 16.2. The maximum atomic E-state index is 11.8. The SMILES string of the molecule is CC(N)CCC(=O)Nc1ccc2oc(C3CC3)nc2c1.Cl. The van der Waals surface area contributed by atoms with Crippen molar-refractivity contribution in [2.75, 3.05) is 5.32 Å². The molecule has 1 unspecified atom stereocenters. The predicted octanol–water partition coefficient (Wildman–Crippen LogP) is 3.19. The number of nitrogens with one attached hydrogen (secondary N) is 1. The summed E-state index contributed by atoms with van der Waals surface area (Å²) < 4.78 is 5.69. The Morgan fingerprint density at radius 3 is 2.95 bits per heavy atom. The van der Waals surface area contributed by atoms with Crippen LogP contribution in [0.3, 0.4) is 0 Å². The summed E-state index contributed by atoms with van der Waals surface area (Å²) >= 11 is 0. The van der Waals surface area contributed by atoms with Gasteiger partial charge in [-0.2, -0.15) is 0 Å². The van der Waals surface area contributed by atoms with Crippen molar-refractivity contribution in [2.45, 2.75) is 44.6 Å². The molecule has 2 aromatic rings. The van der Waals surface area contributed by atoms with Gasteiger partial charge in [-0.25, -0.2) is 4.98 Å². The Labute approximate surface area is 129 Å². The highest BCUT2D eigenvalue weighted by atomic mass is 35.5. The molecule has 1 amide bonds. The van der Waals surface area contributed by atoms with Crippen LogP contribution in [0.25, 0.3) is 11.1 Å². The van der Waals surface area contributed by atoms with E-state index in [1.165, 1.54) is 0 Å². The van der Waals surface area contributed by atoms with E-state index in [4.69, 9.17) is 10.2 Å². The Morgan fingerprint density at radius 2 is 2.29 bits per heavy atom. The van der Waals surface area contributed by atoms with Crippen molar-refractivity contribution in [3.05, 3.63) is 24.1 Å². The fourth-order valence-corrected chi connectivity index (χ4v) is 2.11. The lowest BCUT2D eigenvalue weighted by Crippen LogP contribution is -2.19. The molecule has 1 fully saturated rings. The monoisotopic (exact) mass is 309 g/mol. The highest BCUT2D eigenvalue weighted by Gasteiger charge is 2.28. The van der Waals surface area contributed by atoms with Crippen LogP contribution in [-0.4, -0.2) is 16.9 Å². The first kappa shape index (κ1) is 15.8. The molecule has 0 bridgehead atoms. The Balaban J connectivity index is 0.00000161. The Bertz CT molecular complexity index is 635. The highest BCUT2D eigenvalue weighted by molar-refractivity contribution is 5.92. The quantitative estimate of drug-likeness (QED) is 0.888. The number of anilines is 1. The van der Waals surface area contributed by atoms with E-state index in [2.05, 4.69) is 10.3 Å². The second-order valence-corrected chi connectivity index (χ2v) is 5.57. The van der Waals surface area contributed by atoms with Crippen molar-refractivity contribution in [1.82, 2.24) is 4.98 Å². The number of rotatable bonds is 5. The molecule has 6 heteroatoms. The molecule has 0 radical (unpaired) electrons. The number of hydrogen-bond donors (Lipinski definition) is 2. The second-order valence-electron chi connectivity index (χ2n) is 5.57. The Hall–Kier alpha value is -1.59. The molecule has 1 heterocycles. The van der Waals surface area contributed by atoms with Gasteiger partial charge in [0.2, 0.25) is 5.91 Å². The summed E-state index contributed by atoms with van der Waals surface area (Å²) in [5.74, 6) is 1.29. The topological polar surface area (TPSA) is 81.2 Å². The maximum absolute atomic E-state index is 11.8. The first-order chi connectivity index (χ1) is 9.61. The molecule has 0 saturated heterocycles. The van der Waals surface area contributed by atoms with Gasteiger partial charge >= 0.3 is 0 Å². The molecule has 5 nitrogen and oxygen atoms in total. The number of fused-ring (bicyclic) bond motifs is 1. The molecular weight excluding hydrogens is 290 g/mol. The molecule has 114 valence electrons. The van der Waals surface area contributed by atoms with Crippen LogP contribution in [0.5, 0.6) is 0 Å². The number of hydrogen-bond acceptors (Lipinski definition) is 4. The van der Waals surface area contributed by atoms with Crippen LogP contribution in [0.1, 0.15) is 44.4 Å². The molecule has 1 atom stereocenters. The summed E-state index contributed by atoms with van der Waals surface area (Å²) in [6, 6.07) is 5.59. The number of halogens is 1. The zero-order valence-electron chi connectivity index (χ0n) is 12.0. The summed E-state index contributed by atoms with van der Waals surface area (Å²) in [5.41, 5.74) is 7.98. The average molecular weight is 310 g/mol. The first-order valence-corrected chi connectivity index (χ1v) is 7.08. The number of oxazole rings is 1. The maximum Gasteiger partial charge on any atom is 0.224 e. The standard InChI is InChI=1S/C15H19N3O2.ClH/c1-9(16)2-7-14(19)17-11-5-6-13-12(8-11)18-15(20-13)10-3-4-10;/h5-6,8-10H,2-4,7,16H2,1H3,(H,17,19);1H. The second kappa shape index (κ2) is 6.45. The van der Waals surface area contributed by atoms with Crippen LogP contribution in [0.2, 0.25) is 0 Å². The van der Waals surface area contributed by atoms with Crippen LogP contribution in [-0.2, 0) is 4.79 Å². The summed E-state index contributed by atoms with van der Waals surface area (Å²) in [6.45, 7) is 1.90. The number of carbonyl (C=O) groups is 1. The highest BCUT2D eigenvalue weighted by Crippen LogP contribution is 2.40. The average Bonchev–Trinajstić information content (AvgIpc) is 3.16. The molecule has 0 aliphatic heterocycles. The van der Waals surface area contributed by atoms with Gasteiger partial charge in [0.05, 0.1) is 0 Å². The third kappa shape index (κ3) is 3.95. The number of benzene rings is 1. The van der Waals surface area contributed by atoms with Gasteiger partial charge in [0.25, 0.3) is 0 Å². The van der Waals surface area contributed by atoms with Gasteiger partial charge in [-0.1, -0.05) is 0 Å². The molecule has 0 spiro atoms. The lowest BCUT2D eigenvalue weighted by atomic mass is 10.2. The van der Waals surface area contributed by atoms with Crippen LogP contribution in [0, 0.1) is 0 Å². The van der Waals surface area contributed by atoms with Gasteiger partial charge in [0.1, 0.15) is 5.52 Å². The predicted molar refractivity (Wildman–Crippen MR) is 84.7 cm³/mol. The fourth-order valence-electron chi connectivity index (χ4n) is 2.11. The zero-order chi connectivity index (χ0) is 14.1. The molecule has 3 N–H and O–H groups in total. The Morgan fingerprint density at radius 1 is 1.52 bits per heavy atom. The largest absolute Gasteiger partial charge is 0.440 e. The fraction of sp³-hybridized carbons (Fsp3) is 0.467. The Kier molecular flexibility index (Phi) is 4.85. The number of nitrogens with zero attached hydrogens (tertiary/aromatic N) is 1. The van der Waals surface area contributed by atoms with Crippen molar-refractivity contribution in [2.24, 2.45) is 5.73 Å². The first-order valence-electron chi connectivity index (χ1n) is 7.08.